The van der Waals surface area contributed by atoms with E-state index < -0.39 is 17.8 Å². The third-order valence-corrected chi connectivity index (χ3v) is 4.64. The predicted molar refractivity (Wildman–Crippen MR) is 90.8 cm³/mol. The number of nitrogens with two attached hydrogens (primary N) is 1. The number of carbonyl (C=O) groups excluding carboxylic acids is 2. The minimum absolute atomic E-state index is 0.0501. The molecular weight excluding hydrogens is 309 g/mol. The maximum atomic E-state index is 13.7. The molecule has 1 saturated carbocycles. The summed E-state index contributed by atoms with van der Waals surface area (Å²) in [7, 11) is 0. The van der Waals surface area contributed by atoms with Crippen molar-refractivity contribution < 1.29 is 14.0 Å². The van der Waals surface area contributed by atoms with Crippen LogP contribution >= 0.6 is 0 Å². The summed E-state index contributed by atoms with van der Waals surface area (Å²) >= 11 is 0. The van der Waals surface area contributed by atoms with E-state index in [1.165, 1.54) is 18.2 Å². The first-order chi connectivity index (χ1) is 11.4. The van der Waals surface area contributed by atoms with E-state index in [1.54, 1.807) is 6.07 Å². The summed E-state index contributed by atoms with van der Waals surface area (Å²) in [6, 6.07) is 5.08. The van der Waals surface area contributed by atoms with Gasteiger partial charge in [0, 0.05) is 6.04 Å². The van der Waals surface area contributed by atoms with Crippen LogP contribution in [0.5, 0.6) is 0 Å². The number of benzene rings is 1. The molecule has 2 rings (SSSR count). The fourth-order valence-corrected chi connectivity index (χ4v) is 3.18. The Morgan fingerprint density at radius 2 is 2.00 bits per heavy atom. The molecule has 3 atom stereocenters. The summed E-state index contributed by atoms with van der Waals surface area (Å²) in [5, 5.41) is 5.66. The molecule has 24 heavy (non-hydrogen) atoms. The molecule has 1 aliphatic carbocycles. The number of rotatable bonds is 6. The van der Waals surface area contributed by atoms with E-state index in [9.17, 15) is 14.0 Å². The van der Waals surface area contributed by atoms with Crippen molar-refractivity contribution in [2.24, 2.45) is 17.6 Å². The van der Waals surface area contributed by atoms with E-state index >= 15 is 0 Å². The Hall–Kier alpha value is -1.95. The van der Waals surface area contributed by atoms with Crippen LogP contribution in [0.15, 0.2) is 24.3 Å². The minimum Gasteiger partial charge on any atom is -0.351 e. The van der Waals surface area contributed by atoms with Gasteiger partial charge >= 0.3 is 0 Å². The molecule has 132 valence electrons. The highest BCUT2D eigenvalue weighted by Crippen LogP contribution is 2.24. The van der Waals surface area contributed by atoms with Crippen LogP contribution in [0.2, 0.25) is 0 Å². The smallest absolute Gasteiger partial charge is 0.254 e. The number of hydrogen-bond acceptors (Lipinski definition) is 3. The van der Waals surface area contributed by atoms with Crippen LogP contribution in [0.4, 0.5) is 4.39 Å². The van der Waals surface area contributed by atoms with Gasteiger partial charge in [0.25, 0.3) is 5.91 Å². The van der Waals surface area contributed by atoms with Crippen LogP contribution in [0.1, 0.15) is 43.5 Å². The number of hydrogen-bond donors (Lipinski definition) is 3. The van der Waals surface area contributed by atoms with E-state index in [0.29, 0.717) is 6.54 Å². The highest BCUT2D eigenvalue weighted by Gasteiger charge is 2.31. The lowest BCUT2D eigenvalue weighted by Gasteiger charge is -2.26. The van der Waals surface area contributed by atoms with Gasteiger partial charge in [-0.05, 0) is 43.4 Å². The molecule has 1 fully saturated rings. The molecule has 1 aromatic rings. The normalized spacial score (nSPS) is 21.5. The first kappa shape index (κ1) is 18.4. The summed E-state index contributed by atoms with van der Waals surface area (Å²) in [4.78, 5) is 24.9. The second-order valence-corrected chi connectivity index (χ2v) is 6.72. The molecule has 0 radical (unpaired) electrons. The molecular formula is C18H26FN3O2. The highest BCUT2D eigenvalue weighted by molar-refractivity contribution is 5.97. The van der Waals surface area contributed by atoms with Crippen LogP contribution in [-0.4, -0.2) is 30.4 Å². The van der Waals surface area contributed by atoms with Crippen molar-refractivity contribution in [2.75, 3.05) is 6.54 Å². The van der Waals surface area contributed by atoms with Crippen molar-refractivity contribution in [1.29, 1.82) is 0 Å². The van der Waals surface area contributed by atoms with Gasteiger partial charge in [-0.2, -0.15) is 0 Å². The summed E-state index contributed by atoms with van der Waals surface area (Å²) < 4.78 is 13.7. The van der Waals surface area contributed by atoms with Gasteiger partial charge in [-0.25, -0.2) is 4.39 Å². The van der Waals surface area contributed by atoms with E-state index in [-0.39, 0.29) is 29.3 Å². The summed E-state index contributed by atoms with van der Waals surface area (Å²) in [6.07, 6.45) is 2.95. The molecule has 0 heterocycles. The van der Waals surface area contributed by atoms with Crippen LogP contribution < -0.4 is 16.4 Å². The topological polar surface area (TPSA) is 84.2 Å². The molecule has 2 amide bonds. The van der Waals surface area contributed by atoms with Gasteiger partial charge in [-0.3, -0.25) is 9.59 Å². The maximum Gasteiger partial charge on any atom is 0.254 e. The second-order valence-electron chi connectivity index (χ2n) is 6.72. The Labute approximate surface area is 142 Å². The third kappa shape index (κ3) is 4.32. The van der Waals surface area contributed by atoms with Crippen molar-refractivity contribution in [3.05, 3.63) is 35.6 Å². The fraction of sp³-hybridized carbons (Fsp3) is 0.556. The van der Waals surface area contributed by atoms with E-state index in [0.717, 1.165) is 19.3 Å². The fourth-order valence-electron chi connectivity index (χ4n) is 3.18. The van der Waals surface area contributed by atoms with Gasteiger partial charge in [-0.15, -0.1) is 0 Å². The summed E-state index contributed by atoms with van der Waals surface area (Å²) in [5.74, 6) is -1.25. The van der Waals surface area contributed by atoms with Crippen LogP contribution in [0.25, 0.3) is 0 Å². The summed E-state index contributed by atoms with van der Waals surface area (Å²) in [5.41, 5.74) is 5.69. The van der Waals surface area contributed by atoms with E-state index in [2.05, 4.69) is 10.6 Å². The van der Waals surface area contributed by atoms with Crippen molar-refractivity contribution in [1.82, 2.24) is 10.6 Å². The molecule has 3 unspecified atom stereocenters. The lowest BCUT2D eigenvalue weighted by atomic mass is 10.00. The van der Waals surface area contributed by atoms with Crippen LogP contribution in [-0.2, 0) is 4.79 Å². The van der Waals surface area contributed by atoms with Crippen molar-refractivity contribution >= 4 is 11.8 Å². The molecule has 6 heteroatoms. The largest absolute Gasteiger partial charge is 0.351 e. The number of carbonyl (C=O) groups is 2. The molecule has 4 N–H and O–H groups in total. The standard InChI is InChI=1S/C18H26FN3O2/c1-11(2)16(18(24)21-15-9-5-6-12(15)10-20)22-17(23)13-7-3-4-8-14(13)19/h3-4,7-8,11-12,15-16H,5-6,9-10,20H2,1-2H3,(H,21,24)(H,22,23). The molecule has 5 nitrogen and oxygen atoms in total. The van der Waals surface area contributed by atoms with E-state index in [1.807, 2.05) is 13.8 Å². The van der Waals surface area contributed by atoms with Gasteiger partial charge in [0.2, 0.25) is 5.91 Å². The zero-order chi connectivity index (χ0) is 17.7. The first-order valence-corrected chi connectivity index (χ1v) is 8.49. The quantitative estimate of drug-likeness (QED) is 0.741. The average molecular weight is 335 g/mol. The monoisotopic (exact) mass is 335 g/mol. The van der Waals surface area contributed by atoms with Gasteiger partial charge in [-0.1, -0.05) is 32.4 Å². The van der Waals surface area contributed by atoms with Gasteiger partial charge in [0.1, 0.15) is 11.9 Å². The number of halogens is 1. The molecule has 0 aromatic heterocycles. The van der Waals surface area contributed by atoms with Crippen LogP contribution in [0, 0.1) is 17.7 Å². The SMILES string of the molecule is CC(C)C(NC(=O)c1ccccc1F)C(=O)NC1CCCC1CN. The zero-order valence-corrected chi connectivity index (χ0v) is 14.2. The van der Waals surface area contributed by atoms with Crippen molar-refractivity contribution in [3.63, 3.8) is 0 Å². The molecule has 0 bridgehead atoms. The Balaban J connectivity index is 2.05. The Morgan fingerprint density at radius 1 is 1.29 bits per heavy atom. The van der Waals surface area contributed by atoms with Crippen molar-refractivity contribution in [3.8, 4) is 0 Å². The molecule has 0 spiro atoms. The van der Waals surface area contributed by atoms with Gasteiger partial charge < -0.3 is 16.4 Å². The Kier molecular flexibility index (Phi) is 6.31. The van der Waals surface area contributed by atoms with Gasteiger partial charge in [0.15, 0.2) is 0 Å². The zero-order valence-electron chi connectivity index (χ0n) is 14.2. The maximum absolute atomic E-state index is 13.7. The summed E-state index contributed by atoms with van der Waals surface area (Å²) in [6.45, 7) is 4.24. The molecule has 1 aromatic carbocycles. The molecule has 0 aliphatic heterocycles. The Bertz CT molecular complexity index is 591. The first-order valence-electron chi connectivity index (χ1n) is 8.49. The third-order valence-electron chi connectivity index (χ3n) is 4.64. The van der Waals surface area contributed by atoms with Crippen molar-refractivity contribution in [2.45, 2.75) is 45.2 Å². The molecule has 0 saturated heterocycles. The predicted octanol–water partition coefficient (Wildman–Crippen LogP) is 1.82. The number of amides is 2. The number of nitrogens with one attached hydrogen (secondary N) is 2. The Morgan fingerprint density at radius 3 is 2.62 bits per heavy atom. The minimum atomic E-state index is -0.712. The van der Waals surface area contributed by atoms with E-state index in [4.69, 9.17) is 5.73 Å². The second kappa shape index (κ2) is 8.24. The van der Waals surface area contributed by atoms with Crippen LogP contribution in [0.3, 0.4) is 0 Å². The highest BCUT2D eigenvalue weighted by atomic mass is 19.1. The van der Waals surface area contributed by atoms with Gasteiger partial charge in [0.05, 0.1) is 5.56 Å². The lowest BCUT2D eigenvalue weighted by molar-refractivity contribution is -0.124. The lowest BCUT2D eigenvalue weighted by Crippen LogP contribution is -2.53. The average Bonchev–Trinajstić information content (AvgIpc) is 2.99. The molecule has 1 aliphatic rings.